The molecule has 17 heavy (non-hydrogen) atoms. The Morgan fingerprint density at radius 1 is 0.824 bits per heavy atom. The van der Waals surface area contributed by atoms with E-state index in [1.54, 1.807) is 22.6 Å². The molecule has 0 amide bonds. The zero-order valence-electron chi connectivity index (χ0n) is 9.86. The summed E-state index contributed by atoms with van der Waals surface area (Å²) in [5.74, 6) is 0. The van der Waals surface area contributed by atoms with E-state index in [4.69, 9.17) is 24.7 Å². The van der Waals surface area contributed by atoms with Gasteiger partial charge in [-0.2, -0.15) is 0 Å². The maximum atomic E-state index is 10.5. The van der Waals surface area contributed by atoms with Gasteiger partial charge in [0.05, 0.1) is 46.2 Å². The molecule has 0 aliphatic carbocycles. The van der Waals surface area contributed by atoms with Crippen molar-refractivity contribution in [3.63, 3.8) is 0 Å². The van der Waals surface area contributed by atoms with Crippen molar-refractivity contribution in [2.24, 2.45) is 5.73 Å². The van der Waals surface area contributed by atoms with Crippen LogP contribution in [0.25, 0.3) is 0 Å². The Bertz CT molecular complexity index is 182. The monoisotopic (exact) mass is 361 g/mol. The normalized spacial score (nSPS) is 10.7. The molecule has 0 bridgehead atoms. The van der Waals surface area contributed by atoms with Crippen LogP contribution in [0.2, 0.25) is 0 Å². The van der Waals surface area contributed by atoms with Crippen LogP contribution in [0, 0.1) is 0 Å². The van der Waals surface area contributed by atoms with Crippen molar-refractivity contribution < 1.29 is 23.7 Å². The van der Waals surface area contributed by atoms with Crippen LogP contribution < -0.4 is 5.73 Å². The van der Waals surface area contributed by atoms with Gasteiger partial charge in [0.25, 0.3) is 0 Å². The van der Waals surface area contributed by atoms with Crippen molar-refractivity contribution >= 4 is 26.4 Å². The van der Waals surface area contributed by atoms with E-state index in [9.17, 15) is 4.79 Å². The molecule has 0 spiro atoms. The zero-order chi connectivity index (χ0) is 12.8. The molecule has 6 nitrogen and oxygen atoms in total. The Morgan fingerprint density at radius 3 is 1.65 bits per heavy atom. The standard InChI is InChI=1S/C10H20INO5/c11-10(13)9-17-8-7-16-6-5-15-4-3-14-2-1-12/h1-9,12H2. The van der Waals surface area contributed by atoms with Gasteiger partial charge in [-0.05, 0) is 0 Å². The number of rotatable bonds is 13. The first-order valence-electron chi connectivity index (χ1n) is 5.46. The van der Waals surface area contributed by atoms with Crippen LogP contribution in [0.1, 0.15) is 0 Å². The van der Waals surface area contributed by atoms with E-state index in [0.717, 1.165) is 0 Å². The van der Waals surface area contributed by atoms with Crippen molar-refractivity contribution in [3.05, 3.63) is 0 Å². The molecule has 0 aromatic heterocycles. The van der Waals surface area contributed by atoms with E-state index in [1.165, 1.54) is 0 Å². The molecule has 0 aliphatic rings. The number of carbonyl (C=O) groups is 1. The highest BCUT2D eigenvalue weighted by Crippen LogP contribution is 1.87. The third kappa shape index (κ3) is 16.2. The largest absolute Gasteiger partial charge is 0.378 e. The highest BCUT2D eigenvalue weighted by molar-refractivity contribution is 14.1. The Hall–Kier alpha value is 0.200. The Morgan fingerprint density at radius 2 is 1.24 bits per heavy atom. The summed E-state index contributed by atoms with van der Waals surface area (Å²) < 4.78 is 20.6. The predicted octanol–water partition coefficient (Wildman–Crippen LogP) is -0.0269. The molecule has 0 saturated heterocycles. The van der Waals surface area contributed by atoms with Crippen molar-refractivity contribution in [2.45, 2.75) is 0 Å². The molecule has 0 atom stereocenters. The minimum atomic E-state index is -0.0107. The van der Waals surface area contributed by atoms with Crippen LogP contribution in [0.15, 0.2) is 0 Å². The third-order valence-electron chi connectivity index (χ3n) is 1.59. The lowest BCUT2D eigenvalue weighted by molar-refractivity contribution is -0.114. The molecule has 102 valence electrons. The van der Waals surface area contributed by atoms with Gasteiger partial charge in [0.1, 0.15) is 6.61 Å². The maximum Gasteiger partial charge on any atom is 0.217 e. The van der Waals surface area contributed by atoms with E-state index >= 15 is 0 Å². The molecule has 0 aromatic rings. The molecule has 0 rings (SSSR count). The van der Waals surface area contributed by atoms with Crippen LogP contribution in [-0.2, 0) is 23.7 Å². The molecular weight excluding hydrogens is 341 g/mol. The second kappa shape index (κ2) is 14.3. The zero-order valence-corrected chi connectivity index (χ0v) is 12.0. The highest BCUT2D eigenvalue weighted by atomic mass is 127. The average Bonchev–Trinajstić information content (AvgIpc) is 2.30. The molecule has 0 aromatic carbocycles. The molecule has 0 saturated carbocycles. The molecule has 0 unspecified atom stereocenters. The van der Waals surface area contributed by atoms with Crippen LogP contribution >= 0.6 is 22.6 Å². The number of ether oxygens (including phenoxy) is 4. The van der Waals surface area contributed by atoms with Crippen LogP contribution in [0.4, 0.5) is 0 Å². The molecule has 0 fully saturated rings. The topological polar surface area (TPSA) is 80.0 Å². The summed E-state index contributed by atoms with van der Waals surface area (Å²) in [6, 6.07) is 0. The van der Waals surface area contributed by atoms with Crippen molar-refractivity contribution in [2.75, 3.05) is 59.4 Å². The number of halogens is 1. The summed E-state index contributed by atoms with van der Waals surface area (Å²) in [6.07, 6.45) is 0. The molecule has 7 heteroatoms. The summed E-state index contributed by atoms with van der Waals surface area (Å²) in [5.41, 5.74) is 5.25. The van der Waals surface area contributed by atoms with E-state index in [2.05, 4.69) is 0 Å². The molecular formula is C10H20INO5. The van der Waals surface area contributed by atoms with Crippen molar-refractivity contribution in [3.8, 4) is 0 Å². The first-order valence-corrected chi connectivity index (χ1v) is 6.54. The Kier molecular flexibility index (Phi) is 14.4. The van der Waals surface area contributed by atoms with Crippen molar-refractivity contribution in [1.82, 2.24) is 0 Å². The first kappa shape index (κ1) is 17.2. The Balaban J connectivity index is 2.91. The van der Waals surface area contributed by atoms with Crippen LogP contribution in [0.3, 0.4) is 0 Å². The molecule has 0 heterocycles. The van der Waals surface area contributed by atoms with Gasteiger partial charge in [0.2, 0.25) is 3.79 Å². The Labute approximate surface area is 115 Å². The molecule has 2 N–H and O–H groups in total. The first-order chi connectivity index (χ1) is 8.27. The third-order valence-corrected chi connectivity index (χ3v) is 1.91. The number of nitrogens with two attached hydrogens (primary N) is 1. The van der Waals surface area contributed by atoms with Gasteiger partial charge in [0.15, 0.2) is 0 Å². The summed E-state index contributed by atoms with van der Waals surface area (Å²) in [4.78, 5) is 10.5. The second-order valence-corrected chi connectivity index (χ2v) is 4.24. The lowest BCUT2D eigenvalue weighted by Crippen LogP contribution is -2.14. The van der Waals surface area contributed by atoms with E-state index in [0.29, 0.717) is 52.8 Å². The summed E-state index contributed by atoms with van der Waals surface area (Å²) in [5, 5.41) is 0. The lowest BCUT2D eigenvalue weighted by Gasteiger charge is -2.06. The van der Waals surface area contributed by atoms with Gasteiger partial charge < -0.3 is 24.7 Å². The average molecular weight is 361 g/mol. The van der Waals surface area contributed by atoms with Gasteiger partial charge in [-0.3, -0.25) is 4.79 Å². The molecule has 0 radical (unpaired) electrons. The van der Waals surface area contributed by atoms with Crippen molar-refractivity contribution in [1.29, 1.82) is 0 Å². The fourth-order valence-corrected chi connectivity index (χ4v) is 1.12. The fourth-order valence-electron chi connectivity index (χ4n) is 0.895. The van der Waals surface area contributed by atoms with Crippen LogP contribution in [0.5, 0.6) is 0 Å². The lowest BCUT2D eigenvalue weighted by atomic mass is 10.7. The van der Waals surface area contributed by atoms with E-state index < -0.39 is 0 Å². The predicted molar refractivity (Wildman–Crippen MR) is 71.4 cm³/mol. The minimum Gasteiger partial charge on any atom is -0.378 e. The minimum absolute atomic E-state index is 0.0107. The second-order valence-electron chi connectivity index (χ2n) is 3.03. The van der Waals surface area contributed by atoms with Gasteiger partial charge in [0, 0.05) is 29.1 Å². The number of hydrogen-bond donors (Lipinski definition) is 1. The summed E-state index contributed by atoms with van der Waals surface area (Å²) in [6.45, 7) is 4.26. The molecule has 0 aliphatic heterocycles. The van der Waals surface area contributed by atoms with Gasteiger partial charge in [-0.1, -0.05) is 0 Å². The smallest absolute Gasteiger partial charge is 0.217 e. The maximum absolute atomic E-state index is 10.5. The van der Waals surface area contributed by atoms with Crippen LogP contribution in [-0.4, -0.2) is 63.2 Å². The SMILES string of the molecule is NCCOCCOCCOCCOCC(=O)I. The van der Waals surface area contributed by atoms with Gasteiger partial charge >= 0.3 is 0 Å². The van der Waals surface area contributed by atoms with E-state index in [1.807, 2.05) is 0 Å². The number of hydrogen-bond acceptors (Lipinski definition) is 6. The fraction of sp³-hybridized carbons (Fsp3) is 0.900. The van der Waals surface area contributed by atoms with Gasteiger partial charge in [-0.25, -0.2) is 0 Å². The number of carbonyl (C=O) groups excluding carboxylic acids is 1. The quantitative estimate of drug-likeness (QED) is 0.282. The summed E-state index contributed by atoms with van der Waals surface area (Å²) in [7, 11) is 0. The summed E-state index contributed by atoms with van der Waals surface area (Å²) >= 11 is 1.69. The highest BCUT2D eigenvalue weighted by Gasteiger charge is 1.95. The van der Waals surface area contributed by atoms with Gasteiger partial charge in [-0.15, -0.1) is 0 Å². The van der Waals surface area contributed by atoms with E-state index in [-0.39, 0.29) is 10.4 Å².